The van der Waals surface area contributed by atoms with Gasteiger partial charge in [0.05, 0.1) is 5.51 Å². The molecule has 1 aromatic rings. The number of thiazole rings is 1. The molecule has 15 heavy (non-hydrogen) atoms. The molecule has 2 heterocycles. The standard InChI is InChI=1S/C10H17N3S2/c1-13-2-3-14-6-10(13)9(11)4-8-5-12-7-15-8/h5,7,9-10H,2-4,6,11H2,1H3. The fourth-order valence-electron chi connectivity index (χ4n) is 1.87. The van der Waals surface area contributed by atoms with Crippen molar-refractivity contribution in [1.29, 1.82) is 0 Å². The van der Waals surface area contributed by atoms with Crippen molar-refractivity contribution in [3.05, 3.63) is 16.6 Å². The van der Waals surface area contributed by atoms with Crippen LogP contribution in [-0.2, 0) is 6.42 Å². The molecule has 2 rings (SSSR count). The predicted octanol–water partition coefficient (Wildman–Crippen LogP) is 1.06. The molecular weight excluding hydrogens is 226 g/mol. The largest absolute Gasteiger partial charge is 0.326 e. The highest BCUT2D eigenvalue weighted by Gasteiger charge is 2.25. The van der Waals surface area contributed by atoms with Crippen molar-refractivity contribution in [2.75, 3.05) is 25.1 Å². The Morgan fingerprint density at radius 3 is 3.27 bits per heavy atom. The van der Waals surface area contributed by atoms with E-state index in [2.05, 4.69) is 16.9 Å². The lowest BCUT2D eigenvalue weighted by atomic mass is 10.1. The SMILES string of the molecule is CN1CCSCC1C(N)Cc1cncs1. The molecule has 0 bridgehead atoms. The van der Waals surface area contributed by atoms with Crippen LogP contribution in [0.2, 0.25) is 0 Å². The van der Waals surface area contributed by atoms with Gasteiger partial charge in [-0.2, -0.15) is 11.8 Å². The first-order valence-corrected chi connectivity index (χ1v) is 7.21. The highest BCUT2D eigenvalue weighted by molar-refractivity contribution is 7.99. The fourth-order valence-corrected chi connectivity index (χ4v) is 3.86. The lowest BCUT2D eigenvalue weighted by molar-refractivity contribution is 0.236. The summed E-state index contributed by atoms with van der Waals surface area (Å²) in [4.78, 5) is 7.77. The lowest BCUT2D eigenvalue weighted by Crippen LogP contribution is -2.51. The second-order valence-electron chi connectivity index (χ2n) is 3.96. The van der Waals surface area contributed by atoms with E-state index >= 15 is 0 Å². The monoisotopic (exact) mass is 243 g/mol. The molecular formula is C10H17N3S2. The summed E-state index contributed by atoms with van der Waals surface area (Å²) >= 11 is 3.71. The summed E-state index contributed by atoms with van der Waals surface area (Å²) in [6.45, 7) is 1.16. The van der Waals surface area contributed by atoms with Crippen LogP contribution in [0.1, 0.15) is 4.88 Å². The summed E-state index contributed by atoms with van der Waals surface area (Å²) in [5, 5.41) is 0. The lowest BCUT2D eigenvalue weighted by Gasteiger charge is -2.35. The van der Waals surface area contributed by atoms with Gasteiger partial charge < -0.3 is 10.6 Å². The Balaban J connectivity index is 1.91. The van der Waals surface area contributed by atoms with Gasteiger partial charge in [-0.05, 0) is 7.05 Å². The molecule has 2 unspecified atom stereocenters. The third-order valence-electron chi connectivity index (χ3n) is 2.86. The molecule has 0 aliphatic carbocycles. The Bertz CT molecular complexity index is 289. The smallest absolute Gasteiger partial charge is 0.0794 e. The van der Waals surface area contributed by atoms with Crippen LogP contribution in [0.5, 0.6) is 0 Å². The molecule has 2 atom stereocenters. The van der Waals surface area contributed by atoms with Crippen LogP contribution < -0.4 is 5.73 Å². The Kier molecular flexibility index (Phi) is 4.02. The van der Waals surface area contributed by atoms with Crippen LogP contribution in [0.25, 0.3) is 0 Å². The number of nitrogens with two attached hydrogens (primary N) is 1. The molecule has 84 valence electrons. The molecule has 0 aromatic carbocycles. The van der Waals surface area contributed by atoms with Crippen molar-refractivity contribution in [2.45, 2.75) is 18.5 Å². The maximum Gasteiger partial charge on any atom is 0.0794 e. The van der Waals surface area contributed by atoms with E-state index in [1.807, 2.05) is 23.5 Å². The molecule has 3 nitrogen and oxygen atoms in total. The third-order valence-corrected chi connectivity index (χ3v) is 4.71. The van der Waals surface area contributed by atoms with E-state index in [0.29, 0.717) is 6.04 Å². The van der Waals surface area contributed by atoms with Crippen molar-refractivity contribution < 1.29 is 0 Å². The van der Waals surface area contributed by atoms with Gasteiger partial charge in [0.1, 0.15) is 0 Å². The van der Waals surface area contributed by atoms with Crippen LogP contribution in [-0.4, -0.2) is 47.1 Å². The second-order valence-corrected chi connectivity index (χ2v) is 6.08. The van der Waals surface area contributed by atoms with Crippen LogP contribution >= 0.6 is 23.1 Å². The summed E-state index contributed by atoms with van der Waals surface area (Å²) in [6, 6.07) is 0.758. The molecule has 0 saturated carbocycles. The second kappa shape index (κ2) is 5.30. The minimum atomic E-state index is 0.239. The minimum Gasteiger partial charge on any atom is -0.326 e. The van der Waals surface area contributed by atoms with Gasteiger partial charge in [0.25, 0.3) is 0 Å². The molecule has 2 N–H and O–H groups in total. The molecule has 1 aliphatic heterocycles. The molecule has 0 radical (unpaired) electrons. The van der Waals surface area contributed by atoms with Gasteiger partial charge in [-0.3, -0.25) is 4.98 Å². The zero-order chi connectivity index (χ0) is 10.7. The summed E-state index contributed by atoms with van der Waals surface area (Å²) in [5.41, 5.74) is 8.13. The molecule has 0 amide bonds. The van der Waals surface area contributed by atoms with Gasteiger partial charge in [-0.25, -0.2) is 0 Å². The summed E-state index contributed by atoms with van der Waals surface area (Å²) in [6.07, 6.45) is 2.89. The number of aromatic nitrogens is 1. The Labute approximate surface area is 99.1 Å². The molecule has 1 aromatic heterocycles. The average molecular weight is 243 g/mol. The van der Waals surface area contributed by atoms with Crippen molar-refractivity contribution in [3.8, 4) is 0 Å². The fraction of sp³-hybridized carbons (Fsp3) is 0.700. The van der Waals surface area contributed by atoms with Crippen molar-refractivity contribution >= 4 is 23.1 Å². The predicted molar refractivity (Wildman–Crippen MR) is 67.5 cm³/mol. The molecule has 1 aliphatic rings. The number of thioether (sulfide) groups is 1. The van der Waals surface area contributed by atoms with Crippen molar-refractivity contribution in [3.63, 3.8) is 0 Å². The number of nitrogens with zero attached hydrogens (tertiary/aromatic N) is 2. The molecule has 5 heteroatoms. The van der Waals surface area contributed by atoms with Crippen LogP contribution in [0.4, 0.5) is 0 Å². The quantitative estimate of drug-likeness (QED) is 0.862. The molecule has 1 saturated heterocycles. The average Bonchev–Trinajstić information content (AvgIpc) is 2.71. The Morgan fingerprint density at radius 1 is 1.73 bits per heavy atom. The van der Waals surface area contributed by atoms with E-state index in [4.69, 9.17) is 5.73 Å². The van der Waals surface area contributed by atoms with E-state index in [1.165, 1.54) is 10.6 Å². The highest BCUT2D eigenvalue weighted by Crippen LogP contribution is 2.19. The van der Waals surface area contributed by atoms with Crippen molar-refractivity contribution in [2.24, 2.45) is 5.73 Å². The van der Waals surface area contributed by atoms with Gasteiger partial charge in [-0.1, -0.05) is 0 Å². The maximum atomic E-state index is 6.25. The van der Waals surface area contributed by atoms with Gasteiger partial charge >= 0.3 is 0 Å². The first-order valence-electron chi connectivity index (χ1n) is 5.18. The number of rotatable bonds is 3. The zero-order valence-electron chi connectivity index (χ0n) is 8.93. The van der Waals surface area contributed by atoms with Gasteiger partial charge in [0, 0.05) is 47.6 Å². The maximum absolute atomic E-state index is 6.25. The van der Waals surface area contributed by atoms with E-state index in [1.54, 1.807) is 11.3 Å². The van der Waals surface area contributed by atoms with Crippen LogP contribution in [0.3, 0.4) is 0 Å². The van der Waals surface area contributed by atoms with E-state index in [0.717, 1.165) is 18.7 Å². The first kappa shape index (κ1) is 11.4. The molecule has 1 fully saturated rings. The van der Waals surface area contributed by atoms with Crippen LogP contribution in [0.15, 0.2) is 11.7 Å². The van der Waals surface area contributed by atoms with E-state index in [9.17, 15) is 0 Å². The normalized spacial score (nSPS) is 25.3. The number of hydrogen-bond acceptors (Lipinski definition) is 5. The Hall–Kier alpha value is -0.100. The van der Waals surface area contributed by atoms with Crippen LogP contribution in [0, 0.1) is 0 Å². The van der Waals surface area contributed by atoms with Gasteiger partial charge in [0.2, 0.25) is 0 Å². The van der Waals surface area contributed by atoms with Gasteiger partial charge in [-0.15, -0.1) is 11.3 Å². The Morgan fingerprint density at radius 2 is 2.60 bits per heavy atom. The van der Waals surface area contributed by atoms with Crippen molar-refractivity contribution in [1.82, 2.24) is 9.88 Å². The first-order chi connectivity index (χ1) is 7.27. The number of likely N-dealkylation sites (N-methyl/N-ethyl adjacent to an activating group) is 1. The van der Waals surface area contributed by atoms with E-state index < -0.39 is 0 Å². The summed E-state index contributed by atoms with van der Waals surface area (Å²) in [5.74, 6) is 2.40. The van der Waals surface area contributed by atoms with E-state index in [-0.39, 0.29) is 6.04 Å². The van der Waals surface area contributed by atoms with Gasteiger partial charge in [0.15, 0.2) is 0 Å². The summed E-state index contributed by atoms with van der Waals surface area (Å²) in [7, 11) is 2.18. The third kappa shape index (κ3) is 2.93. The summed E-state index contributed by atoms with van der Waals surface area (Å²) < 4.78 is 0. The minimum absolute atomic E-state index is 0.239. The zero-order valence-corrected chi connectivity index (χ0v) is 10.6. The highest BCUT2D eigenvalue weighted by atomic mass is 32.2. The number of hydrogen-bond donors (Lipinski definition) is 1. The molecule has 0 spiro atoms. The topological polar surface area (TPSA) is 42.1 Å².